The van der Waals surface area contributed by atoms with Gasteiger partial charge in [0.15, 0.2) is 5.75 Å². The Bertz CT molecular complexity index is 799. The van der Waals surface area contributed by atoms with Crippen LogP contribution in [0.4, 0.5) is 5.69 Å². The molecular formula is C29H48N2O6. The summed E-state index contributed by atoms with van der Waals surface area (Å²) in [5.74, 6) is -0.612. The van der Waals surface area contributed by atoms with Crippen molar-refractivity contribution in [2.45, 2.75) is 123 Å². The molecular weight excluding hydrogens is 472 g/mol. The summed E-state index contributed by atoms with van der Waals surface area (Å²) in [5, 5.41) is 14.1. The Balaban J connectivity index is 2.32. The molecule has 0 saturated carbocycles. The molecule has 1 N–H and O–H groups in total. The van der Waals surface area contributed by atoms with Crippen LogP contribution in [0, 0.1) is 10.1 Å². The number of nitro benzene ring substituents is 1. The van der Waals surface area contributed by atoms with Gasteiger partial charge in [0.2, 0.25) is 5.91 Å². The topological polar surface area (TPSA) is 108 Å². The van der Waals surface area contributed by atoms with Gasteiger partial charge in [0.05, 0.1) is 18.6 Å². The average Bonchev–Trinajstić information content (AvgIpc) is 2.88. The van der Waals surface area contributed by atoms with Gasteiger partial charge in [0, 0.05) is 18.9 Å². The number of amides is 1. The van der Waals surface area contributed by atoms with Crippen molar-refractivity contribution in [1.29, 1.82) is 0 Å². The van der Waals surface area contributed by atoms with Crippen LogP contribution < -0.4 is 10.1 Å². The molecule has 0 saturated heterocycles. The number of unbranched alkanes of at least 4 members (excludes halogenated alkanes) is 13. The van der Waals surface area contributed by atoms with Crippen molar-refractivity contribution in [3.8, 4) is 5.75 Å². The average molecular weight is 521 g/mol. The molecule has 0 aliphatic carbocycles. The van der Waals surface area contributed by atoms with E-state index in [0.29, 0.717) is 12.0 Å². The zero-order chi connectivity index (χ0) is 27.3. The van der Waals surface area contributed by atoms with Crippen molar-refractivity contribution in [3.05, 3.63) is 33.9 Å². The van der Waals surface area contributed by atoms with Crippen LogP contribution in [0.1, 0.15) is 116 Å². The Morgan fingerprint density at radius 3 is 1.92 bits per heavy atom. The summed E-state index contributed by atoms with van der Waals surface area (Å²) < 4.78 is 10.1. The van der Waals surface area contributed by atoms with Gasteiger partial charge < -0.3 is 14.8 Å². The number of benzene rings is 1. The molecule has 1 rings (SSSR count). The molecule has 37 heavy (non-hydrogen) atoms. The van der Waals surface area contributed by atoms with Gasteiger partial charge in [-0.15, -0.1) is 0 Å². The zero-order valence-corrected chi connectivity index (χ0v) is 23.2. The first-order valence-corrected chi connectivity index (χ1v) is 14.2. The van der Waals surface area contributed by atoms with Crippen LogP contribution in [0.2, 0.25) is 0 Å². The van der Waals surface area contributed by atoms with Crippen LogP contribution in [-0.4, -0.2) is 36.6 Å². The van der Waals surface area contributed by atoms with Gasteiger partial charge in [-0.1, -0.05) is 96.5 Å². The van der Waals surface area contributed by atoms with Crippen LogP contribution >= 0.6 is 0 Å². The van der Waals surface area contributed by atoms with Crippen molar-refractivity contribution in [2.24, 2.45) is 0 Å². The highest BCUT2D eigenvalue weighted by molar-refractivity contribution is 5.84. The summed E-state index contributed by atoms with van der Waals surface area (Å²) in [5.41, 5.74) is 0.360. The maximum Gasteiger partial charge on any atom is 0.328 e. The number of methoxy groups -OCH3 is 1. The highest BCUT2D eigenvalue weighted by Gasteiger charge is 2.24. The van der Waals surface area contributed by atoms with Crippen LogP contribution in [0.15, 0.2) is 18.2 Å². The second-order valence-corrected chi connectivity index (χ2v) is 9.69. The molecule has 0 fully saturated rings. The smallest absolute Gasteiger partial charge is 0.328 e. The highest BCUT2D eigenvalue weighted by atomic mass is 16.6. The molecule has 1 aromatic carbocycles. The van der Waals surface area contributed by atoms with Gasteiger partial charge in [-0.25, -0.2) is 4.79 Å². The molecule has 0 radical (unpaired) electrons. The quantitative estimate of drug-likeness (QED) is 0.0758. The van der Waals surface area contributed by atoms with E-state index in [1.807, 2.05) is 0 Å². The summed E-state index contributed by atoms with van der Waals surface area (Å²) in [7, 11) is 1.36. The van der Waals surface area contributed by atoms with E-state index in [1.165, 1.54) is 89.9 Å². The molecule has 1 aromatic rings. The maximum atomic E-state index is 12.5. The number of esters is 1. The minimum absolute atomic E-state index is 0.105. The molecule has 0 unspecified atom stereocenters. The number of hydrogen-bond donors (Lipinski definition) is 1. The van der Waals surface area contributed by atoms with Gasteiger partial charge in [-0.05, 0) is 25.0 Å². The summed E-state index contributed by atoms with van der Waals surface area (Å²) >= 11 is 0. The third-order valence-corrected chi connectivity index (χ3v) is 6.54. The third-order valence-electron chi connectivity index (χ3n) is 6.54. The molecule has 8 heteroatoms. The lowest BCUT2D eigenvalue weighted by Crippen LogP contribution is -2.43. The Hall–Kier alpha value is -2.64. The number of carbonyl (C=O) groups excluding carboxylic acids is 2. The molecule has 0 heterocycles. The number of hydrogen-bond acceptors (Lipinski definition) is 6. The molecule has 210 valence electrons. The maximum absolute atomic E-state index is 12.5. The molecule has 1 amide bonds. The van der Waals surface area contributed by atoms with Gasteiger partial charge in [-0.2, -0.15) is 0 Å². The first-order valence-electron chi connectivity index (χ1n) is 14.2. The minimum atomic E-state index is -0.896. The van der Waals surface area contributed by atoms with E-state index in [1.54, 1.807) is 13.0 Å². The SMILES string of the molecule is CCCCCCCCCCCCCCCCC(=O)N[C@@H](Cc1ccc(OC)c([N+](=O)[O-])c1)C(=O)OCC. The largest absolute Gasteiger partial charge is 0.490 e. The number of nitro groups is 1. The second-order valence-electron chi connectivity index (χ2n) is 9.69. The molecule has 0 aliphatic heterocycles. The highest BCUT2D eigenvalue weighted by Crippen LogP contribution is 2.28. The summed E-state index contributed by atoms with van der Waals surface area (Å²) in [6, 6.07) is 3.61. The fraction of sp³-hybridized carbons (Fsp3) is 0.724. The van der Waals surface area contributed by atoms with E-state index in [2.05, 4.69) is 12.2 Å². The van der Waals surface area contributed by atoms with E-state index in [9.17, 15) is 19.7 Å². The molecule has 0 spiro atoms. The molecule has 0 aliphatic rings. The summed E-state index contributed by atoms with van der Waals surface area (Å²) in [4.78, 5) is 35.7. The van der Waals surface area contributed by atoms with E-state index >= 15 is 0 Å². The number of carbonyl (C=O) groups is 2. The van der Waals surface area contributed by atoms with E-state index < -0.39 is 16.9 Å². The fourth-order valence-electron chi connectivity index (χ4n) is 4.42. The number of nitrogens with zero attached hydrogens (tertiary/aromatic N) is 1. The van der Waals surface area contributed by atoms with Crippen LogP contribution in [0.25, 0.3) is 0 Å². The first kappa shape index (κ1) is 32.4. The summed E-state index contributed by atoms with van der Waals surface area (Å²) in [6.07, 6.45) is 17.9. The zero-order valence-electron chi connectivity index (χ0n) is 23.2. The van der Waals surface area contributed by atoms with Crippen molar-refractivity contribution in [2.75, 3.05) is 13.7 Å². The van der Waals surface area contributed by atoms with E-state index in [0.717, 1.165) is 19.3 Å². The Labute approximate surface area is 223 Å². The van der Waals surface area contributed by atoms with Crippen LogP contribution in [0.5, 0.6) is 5.75 Å². The van der Waals surface area contributed by atoms with Crippen molar-refractivity contribution < 1.29 is 24.0 Å². The predicted molar refractivity (Wildman–Crippen MR) is 147 cm³/mol. The Morgan fingerprint density at radius 1 is 0.892 bits per heavy atom. The standard InChI is InChI=1S/C29H48N2O6/c1-4-6-7-8-9-10-11-12-13-14-15-16-17-18-19-28(32)30-25(29(33)37-5-2)22-24-20-21-27(36-3)26(23-24)31(34)35/h20-21,23,25H,4-19,22H2,1-3H3,(H,30,32)/t25-/m0/s1. The Morgan fingerprint density at radius 2 is 1.43 bits per heavy atom. The monoisotopic (exact) mass is 520 g/mol. The molecule has 0 bridgehead atoms. The van der Waals surface area contributed by atoms with Gasteiger partial charge in [0.25, 0.3) is 0 Å². The second kappa shape index (κ2) is 20.4. The van der Waals surface area contributed by atoms with E-state index in [-0.39, 0.29) is 30.4 Å². The third kappa shape index (κ3) is 14.6. The lowest BCUT2D eigenvalue weighted by molar-refractivity contribution is -0.385. The summed E-state index contributed by atoms with van der Waals surface area (Å²) in [6.45, 7) is 4.14. The first-order chi connectivity index (χ1) is 17.9. The molecule has 0 aromatic heterocycles. The van der Waals surface area contributed by atoms with Gasteiger partial charge in [-0.3, -0.25) is 14.9 Å². The molecule has 8 nitrogen and oxygen atoms in total. The van der Waals surface area contributed by atoms with Gasteiger partial charge in [0.1, 0.15) is 6.04 Å². The van der Waals surface area contributed by atoms with Crippen molar-refractivity contribution >= 4 is 17.6 Å². The predicted octanol–water partition coefficient (Wildman–Crippen LogP) is 7.07. The van der Waals surface area contributed by atoms with Crippen LogP contribution in [0.3, 0.4) is 0 Å². The minimum Gasteiger partial charge on any atom is -0.490 e. The van der Waals surface area contributed by atoms with Crippen LogP contribution in [-0.2, 0) is 20.7 Å². The van der Waals surface area contributed by atoms with Crippen molar-refractivity contribution in [1.82, 2.24) is 5.32 Å². The number of rotatable bonds is 22. The lowest BCUT2D eigenvalue weighted by Gasteiger charge is -2.17. The van der Waals surface area contributed by atoms with Crippen molar-refractivity contribution in [3.63, 3.8) is 0 Å². The molecule has 1 atom stereocenters. The normalized spacial score (nSPS) is 11.6. The number of ether oxygens (including phenoxy) is 2. The fourth-order valence-corrected chi connectivity index (χ4v) is 4.42. The Kier molecular flexibility index (Phi) is 17.9. The lowest BCUT2D eigenvalue weighted by atomic mass is 10.0. The van der Waals surface area contributed by atoms with E-state index in [4.69, 9.17) is 9.47 Å². The van der Waals surface area contributed by atoms with Gasteiger partial charge >= 0.3 is 11.7 Å². The number of nitrogens with one attached hydrogen (secondary N) is 1.